The molecule has 3 rings (SSSR count). The van der Waals surface area contributed by atoms with Crippen LogP contribution in [0.2, 0.25) is 0 Å². The number of benzene rings is 2. The second-order valence-corrected chi connectivity index (χ2v) is 7.73. The molecule has 0 atom stereocenters. The number of nitrogens with two attached hydrogens (primary N) is 2. The number of aromatic nitrogens is 3. The zero-order valence-corrected chi connectivity index (χ0v) is 21.0. The minimum atomic E-state index is 0. The molecule has 1 heterocycles. The van der Waals surface area contributed by atoms with Gasteiger partial charge in [-0.05, 0) is 45.9 Å². The van der Waals surface area contributed by atoms with E-state index >= 15 is 0 Å². The summed E-state index contributed by atoms with van der Waals surface area (Å²) < 4.78 is 7.18. The van der Waals surface area contributed by atoms with Crippen LogP contribution in [0.3, 0.4) is 0 Å². The Hall–Kier alpha value is -3.10. The normalized spacial score (nSPS) is 11.8. The number of aliphatic imine (C=N–C) groups is 2. The third kappa shape index (κ3) is 6.94. The highest BCUT2D eigenvalue weighted by Gasteiger charge is 2.13. The number of halogens is 2. The molecule has 0 saturated heterocycles. The maximum Gasteiger partial charge on any atom is 0.144 e. The van der Waals surface area contributed by atoms with Gasteiger partial charge in [0.2, 0.25) is 0 Å². The summed E-state index contributed by atoms with van der Waals surface area (Å²) in [6, 6.07) is 13.6. The zero-order chi connectivity index (χ0) is 22.5. The van der Waals surface area contributed by atoms with E-state index in [2.05, 4.69) is 20.3 Å². The molecule has 0 fully saturated rings. The molecule has 1 aromatic heterocycles. The molecule has 0 aliphatic rings. The van der Waals surface area contributed by atoms with Crippen molar-refractivity contribution in [3.63, 3.8) is 0 Å². The van der Waals surface area contributed by atoms with Gasteiger partial charge in [-0.15, -0.1) is 29.9 Å². The van der Waals surface area contributed by atoms with Crippen LogP contribution in [0.25, 0.3) is 16.9 Å². The first-order valence-electron chi connectivity index (χ1n) is 10.2. The highest BCUT2D eigenvalue weighted by Crippen LogP contribution is 2.26. The molecular weight excluding hydrogens is 461 g/mol. The summed E-state index contributed by atoms with van der Waals surface area (Å²) in [6.45, 7) is 7.94. The van der Waals surface area contributed by atoms with Gasteiger partial charge in [0, 0.05) is 28.8 Å². The first-order valence-corrected chi connectivity index (χ1v) is 10.2. The van der Waals surface area contributed by atoms with Gasteiger partial charge in [0.1, 0.15) is 28.8 Å². The molecule has 0 saturated carbocycles. The first-order chi connectivity index (χ1) is 14.8. The Kier molecular flexibility index (Phi) is 10.3. The Morgan fingerprint density at radius 3 is 1.97 bits per heavy atom. The second-order valence-electron chi connectivity index (χ2n) is 7.73. The molecule has 4 N–H and O–H groups in total. The Balaban J connectivity index is 0.00000272. The van der Waals surface area contributed by atoms with Gasteiger partial charge in [-0.2, -0.15) is 0 Å². The predicted octanol–water partition coefficient (Wildman–Crippen LogP) is 4.01. The van der Waals surface area contributed by atoms with Crippen molar-refractivity contribution >= 4 is 36.5 Å². The number of hydrogen-bond donors (Lipinski definition) is 2. The monoisotopic (exact) mass is 491 g/mol. The van der Waals surface area contributed by atoms with Crippen LogP contribution in [0, 0.1) is 0 Å². The summed E-state index contributed by atoms with van der Waals surface area (Å²) in [5.41, 5.74) is 16.2. The Morgan fingerprint density at radius 1 is 0.879 bits per heavy atom. The van der Waals surface area contributed by atoms with Crippen molar-refractivity contribution in [2.24, 2.45) is 21.5 Å². The molecule has 0 aliphatic carbocycles. The molecule has 3 aromatic rings. The fourth-order valence-electron chi connectivity index (χ4n) is 3.06. The van der Waals surface area contributed by atoms with Crippen molar-refractivity contribution in [2.45, 2.75) is 39.8 Å². The van der Waals surface area contributed by atoms with E-state index in [0.717, 1.165) is 28.1 Å². The lowest BCUT2D eigenvalue weighted by atomic mass is 10.1. The molecule has 0 bridgehead atoms. The summed E-state index contributed by atoms with van der Waals surface area (Å²) in [6.07, 6.45) is 1.85. The van der Waals surface area contributed by atoms with Crippen LogP contribution in [-0.2, 0) is 0 Å². The van der Waals surface area contributed by atoms with Crippen molar-refractivity contribution in [3.05, 3.63) is 59.8 Å². The maximum absolute atomic E-state index is 6.14. The van der Waals surface area contributed by atoms with Gasteiger partial charge in [-0.25, -0.2) is 4.68 Å². The average molecular weight is 492 g/mol. The maximum atomic E-state index is 6.14. The Labute approximate surface area is 207 Å². The molecule has 8 nitrogen and oxygen atoms in total. The fourth-order valence-corrected chi connectivity index (χ4v) is 3.06. The number of ether oxygens (including phenoxy) is 1. The van der Waals surface area contributed by atoms with E-state index in [1.54, 1.807) is 11.8 Å². The molecule has 0 amide bonds. The third-order valence-corrected chi connectivity index (χ3v) is 4.49. The van der Waals surface area contributed by atoms with E-state index in [-0.39, 0.29) is 36.9 Å². The number of hydrogen-bond acceptors (Lipinski definition) is 5. The zero-order valence-electron chi connectivity index (χ0n) is 19.4. The molecule has 178 valence electrons. The van der Waals surface area contributed by atoms with Gasteiger partial charge in [0.15, 0.2) is 0 Å². The van der Waals surface area contributed by atoms with E-state index in [1.165, 1.54) is 0 Å². The number of nitrogens with zero attached hydrogens (tertiary/aromatic N) is 5. The van der Waals surface area contributed by atoms with Crippen molar-refractivity contribution < 1.29 is 4.74 Å². The van der Waals surface area contributed by atoms with E-state index < -0.39 is 0 Å². The van der Waals surface area contributed by atoms with Crippen LogP contribution in [0.5, 0.6) is 5.75 Å². The standard InChI is InChI=1S/C23H29N7O.2ClH/c1-14(2)26-22(24)17-8-6-16(7-9-17)19-13-30(29-28-19)20-12-18(10-11-21(20)31-5)23(25)27-15(3)4;;/h6-15H,1-5H3,(H2,24,26)(H2,25,27);2*1H. The van der Waals surface area contributed by atoms with Crippen molar-refractivity contribution in [3.8, 4) is 22.7 Å². The van der Waals surface area contributed by atoms with Crippen LogP contribution in [-0.4, -0.2) is 45.9 Å². The van der Waals surface area contributed by atoms with E-state index in [4.69, 9.17) is 16.2 Å². The average Bonchev–Trinajstić information content (AvgIpc) is 3.22. The van der Waals surface area contributed by atoms with Crippen LogP contribution >= 0.6 is 24.8 Å². The van der Waals surface area contributed by atoms with Gasteiger partial charge < -0.3 is 16.2 Å². The molecule has 33 heavy (non-hydrogen) atoms. The summed E-state index contributed by atoms with van der Waals surface area (Å²) in [5.74, 6) is 1.65. The highest BCUT2D eigenvalue weighted by molar-refractivity contribution is 5.98. The van der Waals surface area contributed by atoms with Crippen LogP contribution < -0.4 is 16.2 Å². The highest BCUT2D eigenvalue weighted by atomic mass is 35.5. The number of amidine groups is 2. The largest absolute Gasteiger partial charge is 0.494 e. The quantitative estimate of drug-likeness (QED) is 0.382. The lowest BCUT2D eigenvalue weighted by Crippen LogP contribution is -2.16. The second kappa shape index (κ2) is 12.2. The third-order valence-electron chi connectivity index (χ3n) is 4.49. The molecular formula is C23H31Cl2N7O. The van der Waals surface area contributed by atoms with Gasteiger partial charge in [-0.1, -0.05) is 29.5 Å². The molecule has 10 heteroatoms. The summed E-state index contributed by atoms with van der Waals surface area (Å²) in [7, 11) is 1.61. The minimum absolute atomic E-state index is 0. The SMILES string of the molecule is COc1ccc(C(N)=NC(C)C)cc1-n1cc(-c2ccc(C(N)=NC(C)C)cc2)nn1.Cl.Cl. The van der Waals surface area contributed by atoms with E-state index in [0.29, 0.717) is 17.4 Å². The van der Waals surface area contributed by atoms with Gasteiger partial charge in [0.05, 0.1) is 13.3 Å². The van der Waals surface area contributed by atoms with Crippen LogP contribution in [0.1, 0.15) is 38.8 Å². The molecule has 0 radical (unpaired) electrons. The molecule has 0 unspecified atom stereocenters. The van der Waals surface area contributed by atoms with Crippen LogP contribution in [0.4, 0.5) is 0 Å². The molecule has 2 aromatic carbocycles. The molecule has 0 spiro atoms. The van der Waals surface area contributed by atoms with E-state index in [9.17, 15) is 0 Å². The molecule has 0 aliphatic heterocycles. The number of rotatable bonds is 7. The van der Waals surface area contributed by atoms with Crippen molar-refractivity contribution in [1.82, 2.24) is 15.0 Å². The van der Waals surface area contributed by atoms with Gasteiger partial charge >= 0.3 is 0 Å². The smallest absolute Gasteiger partial charge is 0.144 e. The number of methoxy groups -OCH3 is 1. The van der Waals surface area contributed by atoms with Crippen molar-refractivity contribution in [2.75, 3.05) is 7.11 Å². The van der Waals surface area contributed by atoms with Crippen LogP contribution in [0.15, 0.2) is 58.6 Å². The van der Waals surface area contributed by atoms with Gasteiger partial charge in [0.25, 0.3) is 0 Å². The van der Waals surface area contributed by atoms with E-state index in [1.807, 2.05) is 76.4 Å². The lowest BCUT2D eigenvalue weighted by molar-refractivity contribution is 0.411. The summed E-state index contributed by atoms with van der Waals surface area (Å²) in [5, 5.41) is 8.61. The fraction of sp³-hybridized carbons (Fsp3) is 0.304. The first kappa shape index (κ1) is 27.9. The minimum Gasteiger partial charge on any atom is -0.494 e. The van der Waals surface area contributed by atoms with Gasteiger partial charge in [-0.3, -0.25) is 9.98 Å². The Bertz CT molecular complexity index is 1110. The lowest BCUT2D eigenvalue weighted by Gasteiger charge is -2.10. The summed E-state index contributed by atoms with van der Waals surface area (Å²) in [4.78, 5) is 8.80. The Morgan fingerprint density at radius 2 is 1.42 bits per heavy atom. The van der Waals surface area contributed by atoms with Crippen molar-refractivity contribution in [1.29, 1.82) is 0 Å². The summed E-state index contributed by atoms with van der Waals surface area (Å²) >= 11 is 0. The topological polar surface area (TPSA) is 117 Å². The predicted molar refractivity (Wildman–Crippen MR) is 140 cm³/mol.